The Bertz CT molecular complexity index is 620. The fourth-order valence-corrected chi connectivity index (χ4v) is 3.84. The first kappa shape index (κ1) is 13.4. The smallest absolute Gasteiger partial charge is 0.0459 e. The Labute approximate surface area is 126 Å². The highest BCUT2D eigenvalue weighted by atomic mass is 15.2. The molecule has 3 nitrogen and oxygen atoms in total. The average Bonchev–Trinajstić information content (AvgIpc) is 3.27. The highest BCUT2D eigenvalue weighted by Crippen LogP contribution is 2.42. The predicted octanol–water partition coefficient (Wildman–Crippen LogP) is 3.22. The molecule has 0 bridgehead atoms. The van der Waals surface area contributed by atoms with Gasteiger partial charge in [0.2, 0.25) is 0 Å². The largest absolute Gasteiger partial charge is 0.358 e. The summed E-state index contributed by atoms with van der Waals surface area (Å²) in [5.41, 5.74) is 4.21. The molecular weight excluding hydrogens is 258 g/mol. The summed E-state index contributed by atoms with van der Waals surface area (Å²) in [5, 5.41) is 4.92. The monoisotopic (exact) mass is 283 g/mol. The number of para-hydroxylation sites is 1. The Kier molecular flexibility index (Phi) is 3.48. The Morgan fingerprint density at radius 1 is 1.19 bits per heavy atom. The molecule has 1 saturated carbocycles. The Hall–Kier alpha value is -1.32. The van der Waals surface area contributed by atoms with Gasteiger partial charge in [0, 0.05) is 48.8 Å². The van der Waals surface area contributed by atoms with Gasteiger partial charge in [0.05, 0.1) is 0 Å². The number of aromatic amines is 1. The molecule has 0 unspecified atom stereocenters. The van der Waals surface area contributed by atoms with Crippen LogP contribution in [-0.2, 0) is 0 Å². The first-order chi connectivity index (χ1) is 10.3. The lowest BCUT2D eigenvalue weighted by molar-refractivity contribution is 0.161. The maximum absolute atomic E-state index is 3.60. The van der Waals surface area contributed by atoms with Crippen molar-refractivity contribution in [1.82, 2.24) is 15.2 Å². The minimum Gasteiger partial charge on any atom is -0.358 e. The number of nitrogens with one attached hydrogen (secondary N) is 2. The van der Waals surface area contributed by atoms with Gasteiger partial charge in [0.1, 0.15) is 0 Å². The summed E-state index contributed by atoms with van der Waals surface area (Å²) in [6.45, 7) is 6.86. The number of rotatable bonds is 4. The third-order valence-electron chi connectivity index (χ3n) is 5.12. The molecule has 0 amide bonds. The number of benzene rings is 1. The molecule has 0 spiro atoms. The fraction of sp³-hybridized carbons (Fsp3) is 0.556. The van der Waals surface area contributed by atoms with Gasteiger partial charge in [-0.1, -0.05) is 31.0 Å². The molecule has 1 saturated heterocycles. The molecular formula is C18H25N3. The zero-order valence-corrected chi connectivity index (χ0v) is 12.9. The quantitative estimate of drug-likeness (QED) is 0.902. The molecule has 112 valence electrons. The fourth-order valence-electron chi connectivity index (χ4n) is 3.84. The average molecular weight is 283 g/mol. The lowest BCUT2D eigenvalue weighted by Gasteiger charge is -2.35. The summed E-state index contributed by atoms with van der Waals surface area (Å²) in [4.78, 5) is 6.30. The maximum Gasteiger partial charge on any atom is 0.0459 e. The number of aryl methyl sites for hydroxylation is 1. The molecule has 1 aromatic carbocycles. The van der Waals surface area contributed by atoms with Crippen molar-refractivity contribution in [2.45, 2.75) is 32.2 Å². The summed E-state index contributed by atoms with van der Waals surface area (Å²) in [6.07, 6.45) is 4.21. The lowest BCUT2D eigenvalue weighted by Crippen LogP contribution is -2.45. The number of hydrogen-bond acceptors (Lipinski definition) is 2. The summed E-state index contributed by atoms with van der Waals surface area (Å²) in [5.74, 6) is 0.956. The second-order valence-electron chi connectivity index (χ2n) is 6.69. The molecule has 2 N–H and O–H groups in total. The number of piperazine rings is 1. The van der Waals surface area contributed by atoms with E-state index in [-0.39, 0.29) is 0 Å². The normalized spacial score (nSPS) is 21.8. The molecule has 4 rings (SSSR count). The van der Waals surface area contributed by atoms with Crippen molar-refractivity contribution in [1.29, 1.82) is 0 Å². The SMILES string of the molecule is Cc1[nH]c2ccccc2c1[C@H](CC1CC1)N1CCNCC1. The second-order valence-corrected chi connectivity index (χ2v) is 6.69. The van der Waals surface area contributed by atoms with Crippen LogP contribution in [-0.4, -0.2) is 36.1 Å². The van der Waals surface area contributed by atoms with Crippen LogP contribution in [0.3, 0.4) is 0 Å². The molecule has 1 aromatic heterocycles. The Morgan fingerprint density at radius 2 is 1.95 bits per heavy atom. The van der Waals surface area contributed by atoms with Gasteiger partial charge in [-0.3, -0.25) is 4.90 Å². The van der Waals surface area contributed by atoms with E-state index in [1.807, 2.05) is 0 Å². The van der Waals surface area contributed by atoms with Gasteiger partial charge in [-0.2, -0.15) is 0 Å². The molecule has 2 aromatic rings. The third-order valence-corrected chi connectivity index (χ3v) is 5.12. The molecule has 2 heterocycles. The van der Waals surface area contributed by atoms with Crippen LogP contribution in [0, 0.1) is 12.8 Å². The second kappa shape index (κ2) is 5.47. The van der Waals surface area contributed by atoms with Crippen molar-refractivity contribution in [2.24, 2.45) is 5.92 Å². The molecule has 1 aliphatic heterocycles. The van der Waals surface area contributed by atoms with Crippen molar-refractivity contribution in [3.8, 4) is 0 Å². The van der Waals surface area contributed by atoms with Gasteiger partial charge >= 0.3 is 0 Å². The van der Waals surface area contributed by atoms with E-state index in [1.165, 1.54) is 48.9 Å². The maximum atomic E-state index is 3.60. The number of H-pyrrole nitrogens is 1. The van der Waals surface area contributed by atoms with Crippen LogP contribution in [0.4, 0.5) is 0 Å². The van der Waals surface area contributed by atoms with Crippen LogP contribution in [0.1, 0.15) is 36.6 Å². The van der Waals surface area contributed by atoms with E-state index in [9.17, 15) is 0 Å². The third kappa shape index (κ3) is 2.60. The van der Waals surface area contributed by atoms with E-state index in [1.54, 1.807) is 5.56 Å². The molecule has 1 aliphatic carbocycles. The van der Waals surface area contributed by atoms with Gasteiger partial charge < -0.3 is 10.3 Å². The summed E-state index contributed by atoms with van der Waals surface area (Å²) < 4.78 is 0. The summed E-state index contributed by atoms with van der Waals surface area (Å²) in [6, 6.07) is 9.39. The zero-order chi connectivity index (χ0) is 14.2. The topological polar surface area (TPSA) is 31.1 Å². The van der Waals surface area contributed by atoms with E-state index in [4.69, 9.17) is 0 Å². The van der Waals surface area contributed by atoms with Gasteiger partial charge in [-0.25, -0.2) is 0 Å². The summed E-state index contributed by atoms with van der Waals surface area (Å²) >= 11 is 0. The van der Waals surface area contributed by atoms with Crippen LogP contribution in [0.2, 0.25) is 0 Å². The van der Waals surface area contributed by atoms with E-state index in [0.717, 1.165) is 19.0 Å². The number of hydrogen-bond donors (Lipinski definition) is 2. The standard InChI is InChI=1S/C18H25N3/c1-13-18(15-4-2-3-5-16(15)20-13)17(12-14-6-7-14)21-10-8-19-9-11-21/h2-5,14,17,19-20H,6-12H2,1H3/t17-/m0/s1. The van der Waals surface area contributed by atoms with E-state index >= 15 is 0 Å². The van der Waals surface area contributed by atoms with Crippen molar-refractivity contribution < 1.29 is 0 Å². The molecule has 1 atom stereocenters. The number of aromatic nitrogens is 1. The number of fused-ring (bicyclic) bond motifs is 1. The van der Waals surface area contributed by atoms with Gasteiger partial charge in [0.15, 0.2) is 0 Å². The predicted molar refractivity (Wildman–Crippen MR) is 87.6 cm³/mol. The van der Waals surface area contributed by atoms with Crippen molar-refractivity contribution in [3.63, 3.8) is 0 Å². The lowest BCUT2D eigenvalue weighted by atomic mass is 9.96. The van der Waals surface area contributed by atoms with Gasteiger partial charge in [0.25, 0.3) is 0 Å². The van der Waals surface area contributed by atoms with Crippen molar-refractivity contribution >= 4 is 10.9 Å². The zero-order valence-electron chi connectivity index (χ0n) is 12.9. The van der Waals surface area contributed by atoms with Crippen molar-refractivity contribution in [3.05, 3.63) is 35.5 Å². The minimum absolute atomic E-state index is 0.593. The van der Waals surface area contributed by atoms with E-state index in [2.05, 4.69) is 46.4 Å². The Balaban J connectivity index is 1.74. The molecule has 2 aliphatic rings. The Morgan fingerprint density at radius 3 is 2.71 bits per heavy atom. The van der Waals surface area contributed by atoms with Crippen LogP contribution < -0.4 is 5.32 Å². The number of nitrogens with zero attached hydrogens (tertiary/aromatic N) is 1. The highest BCUT2D eigenvalue weighted by Gasteiger charge is 2.32. The molecule has 3 heteroatoms. The van der Waals surface area contributed by atoms with Crippen LogP contribution >= 0.6 is 0 Å². The molecule has 2 fully saturated rings. The summed E-state index contributed by atoms with van der Waals surface area (Å²) in [7, 11) is 0. The van der Waals surface area contributed by atoms with E-state index in [0.29, 0.717) is 6.04 Å². The van der Waals surface area contributed by atoms with Gasteiger partial charge in [-0.15, -0.1) is 0 Å². The van der Waals surface area contributed by atoms with Crippen LogP contribution in [0.15, 0.2) is 24.3 Å². The van der Waals surface area contributed by atoms with Gasteiger partial charge in [-0.05, 0) is 30.9 Å². The highest BCUT2D eigenvalue weighted by molar-refractivity contribution is 5.85. The van der Waals surface area contributed by atoms with Crippen LogP contribution in [0.25, 0.3) is 10.9 Å². The van der Waals surface area contributed by atoms with Crippen molar-refractivity contribution in [2.75, 3.05) is 26.2 Å². The minimum atomic E-state index is 0.593. The van der Waals surface area contributed by atoms with Crippen LogP contribution in [0.5, 0.6) is 0 Å². The first-order valence-electron chi connectivity index (χ1n) is 8.35. The van der Waals surface area contributed by atoms with E-state index < -0.39 is 0 Å². The molecule has 0 radical (unpaired) electrons. The first-order valence-corrected chi connectivity index (χ1v) is 8.35. The molecule has 21 heavy (non-hydrogen) atoms.